The van der Waals surface area contributed by atoms with E-state index < -0.39 is 0 Å². The highest BCUT2D eigenvalue weighted by molar-refractivity contribution is 9.09. The van der Waals surface area contributed by atoms with E-state index in [1.807, 2.05) is 12.1 Å². The summed E-state index contributed by atoms with van der Waals surface area (Å²) < 4.78 is 4.97. The molecule has 0 atom stereocenters. The van der Waals surface area contributed by atoms with E-state index in [0.29, 0.717) is 5.88 Å². The lowest BCUT2D eigenvalue weighted by atomic mass is 10.3. The van der Waals surface area contributed by atoms with E-state index in [-0.39, 0.29) is 0 Å². The number of ether oxygens (including phenoxy) is 1. The van der Waals surface area contributed by atoms with Crippen LogP contribution < -0.4 is 4.74 Å². The highest BCUT2D eigenvalue weighted by Crippen LogP contribution is 2.05. The van der Waals surface area contributed by atoms with E-state index in [1.165, 1.54) is 0 Å². The van der Waals surface area contributed by atoms with Gasteiger partial charge in [0.2, 0.25) is 5.88 Å². The van der Waals surface area contributed by atoms with Crippen molar-refractivity contribution in [1.82, 2.24) is 4.98 Å². The van der Waals surface area contributed by atoms with Gasteiger partial charge in [-0.25, -0.2) is 4.98 Å². The maximum Gasteiger partial charge on any atom is 0.214 e. The Morgan fingerprint density at radius 2 is 2.38 bits per heavy atom. The molecule has 0 spiro atoms. The smallest absolute Gasteiger partial charge is 0.214 e. The van der Waals surface area contributed by atoms with Gasteiger partial charge in [-0.2, -0.15) is 0 Å². The Hall–Kier alpha value is -1.01. The molecule has 0 radical (unpaired) electrons. The van der Waals surface area contributed by atoms with Gasteiger partial charge < -0.3 is 4.74 Å². The summed E-state index contributed by atoms with van der Waals surface area (Å²) in [5, 5.41) is 0.893. The zero-order chi connectivity index (χ0) is 9.52. The van der Waals surface area contributed by atoms with E-state index >= 15 is 0 Å². The number of hydrogen-bond donors (Lipinski definition) is 0. The quantitative estimate of drug-likeness (QED) is 0.584. The molecule has 0 saturated carbocycles. The topological polar surface area (TPSA) is 22.1 Å². The fourth-order valence-electron chi connectivity index (χ4n) is 0.798. The molecule has 0 aliphatic rings. The highest BCUT2D eigenvalue weighted by Gasteiger charge is 1.91. The first-order valence-electron chi connectivity index (χ1n) is 3.92. The second kappa shape index (κ2) is 5.60. The number of alkyl halides is 1. The lowest BCUT2D eigenvalue weighted by molar-refractivity contribution is 0.397. The van der Waals surface area contributed by atoms with Crippen LogP contribution in [-0.2, 0) is 0 Å². The van der Waals surface area contributed by atoms with Gasteiger partial charge in [-0.15, -0.1) is 0 Å². The summed E-state index contributed by atoms with van der Waals surface area (Å²) in [6.07, 6.45) is 0.832. The summed E-state index contributed by atoms with van der Waals surface area (Å²) in [4.78, 5) is 4.15. The van der Waals surface area contributed by atoms with Crippen molar-refractivity contribution in [3.05, 3.63) is 23.9 Å². The average Bonchev–Trinajstić information content (AvgIpc) is 2.19. The van der Waals surface area contributed by atoms with Gasteiger partial charge in [0.1, 0.15) is 5.69 Å². The molecule has 1 heterocycles. The molecule has 0 N–H and O–H groups in total. The molecule has 0 unspecified atom stereocenters. The molecule has 1 rings (SSSR count). The summed E-state index contributed by atoms with van der Waals surface area (Å²) >= 11 is 3.30. The first-order chi connectivity index (χ1) is 6.36. The molecule has 0 amide bonds. The molecule has 0 saturated heterocycles. The van der Waals surface area contributed by atoms with Gasteiger partial charge in [0.25, 0.3) is 0 Å². The SMILES string of the molecule is COc1cccc(C#CCCBr)n1. The van der Waals surface area contributed by atoms with Gasteiger partial charge in [-0.1, -0.05) is 27.9 Å². The Kier molecular flexibility index (Phi) is 4.34. The number of hydrogen-bond acceptors (Lipinski definition) is 2. The molecule has 68 valence electrons. The van der Waals surface area contributed by atoms with Gasteiger partial charge in [0.15, 0.2) is 0 Å². The fourth-order valence-corrected chi connectivity index (χ4v) is 0.997. The summed E-state index contributed by atoms with van der Waals surface area (Å²) in [7, 11) is 1.60. The minimum Gasteiger partial charge on any atom is -0.481 e. The van der Waals surface area contributed by atoms with Crippen molar-refractivity contribution >= 4 is 15.9 Å². The minimum absolute atomic E-state index is 0.602. The number of aromatic nitrogens is 1. The maximum absolute atomic E-state index is 4.97. The lowest BCUT2D eigenvalue weighted by Crippen LogP contribution is -1.88. The molecular weight excluding hydrogens is 230 g/mol. The zero-order valence-corrected chi connectivity index (χ0v) is 8.97. The van der Waals surface area contributed by atoms with Crippen molar-refractivity contribution in [3.63, 3.8) is 0 Å². The molecule has 0 aliphatic carbocycles. The highest BCUT2D eigenvalue weighted by atomic mass is 79.9. The molecular formula is C10H10BrNO. The number of halogens is 1. The van der Waals surface area contributed by atoms with Gasteiger partial charge in [0.05, 0.1) is 7.11 Å². The van der Waals surface area contributed by atoms with E-state index in [1.54, 1.807) is 13.2 Å². The molecule has 0 bridgehead atoms. The summed E-state index contributed by atoms with van der Waals surface area (Å²) in [6.45, 7) is 0. The van der Waals surface area contributed by atoms with Crippen LogP contribution >= 0.6 is 15.9 Å². The number of methoxy groups -OCH3 is 1. The van der Waals surface area contributed by atoms with Crippen LogP contribution in [0.15, 0.2) is 18.2 Å². The zero-order valence-electron chi connectivity index (χ0n) is 7.38. The summed E-state index contributed by atoms with van der Waals surface area (Å²) in [5.41, 5.74) is 0.750. The number of pyridine rings is 1. The van der Waals surface area contributed by atoms with Crippen LogP contribution in [0.2, 0.25) is 0 Å². The van der Waals surface area contributed by atoms with Crippen molar-refractivity contribution in [2.24, 2.45) is 0 Å². The van der Waals surface area contributed by atoms with E-state index in [9.17, 15) is 0 Å². The molecule has 1 aromatic rings. The van der Waals surface area contributed by atoms with Crippen LogP contribution in [0.1, 0.15) is 12.1 Å². The summed E-state index contributed by atoms with van der Waals surface area (Å²) in [5.74, 6) is 6.54. The number of nitrogens with zero attached hydrogens (tertiary/aromatic N) is 1. The van der Waals surface area contributed by atoms with Crippen LogP contribution in [0.5, 0.6) is 5.88 Å². The lowest BCUT2D eigenvalue weighted by Gasteiger charge is -1.96. The van der Waals surface area contributed by atoms with Crippen LogP contribution in [0.3, 0.4) is 0 Å². The standard InChI is InChI=1S/C10H10BrNO/c1-13-10-7-4-6-9(12-10)5-2-3-8-11/h4,6-7H,3,8H2,1H3. The Morgan fingerprint density at radius 1 is 1.54 bits per heavy atom. The average molecular weight is 240 g/mol. The Balaban J connectivity index is 2.73. The van der Waals surface area contributed by atoms with Gasteiger partial charge in [-0.05, 0) is 12.0 Å². The normalized spacial score (nSPS) is 8.77. The molecule has 2 nitrogen and oxygen atoms in total. The second-order valence-corrected chi connectivity index (χ2v) is 3.10. The third-order valence-corrected chi connectivity index (χ3v) is 1.77. The predicted octanol–water partition coefficient (Wildman–Crippen LogP) is 2.23. The van der Waals surface area contributed by atoms with Gasteiger partial charge >= 0.3 is 0 Å². The molecule has 0 aromatic carbocycles. The predicted molar refractivity (Wildman–Crippen MR) is 56.1 cm³/mol. The molecule has 13 heavy (non-hydrogen) atoms. The van der Waals surface area contributed by atoms with Crippen LogP contribution in [-0.4, -0.2) is 17.4 Å². The van der Waals surface area contributed by atoms with Crippen molar-refractivity contribution in [3.8, 4) is 17.7 Å². The van der Waals surface area contributed by atoms with Crippen molar-refractivity contribution in [1.29, 1.82) is 0 Å². The first kappa shape index (κ1) is 10.1. The molecule has 3 heteroatoms. The van der Waals surface area contributed by atoms with E-state index in [2.05, 4.69) is 32.8 Å². The first-order valence-corrected chi connectivity index (χ1v) is 5.05. The third-order valence-electron chi connectivity index (χ3n) is 1.37. The Bertz CT molecular complexity index is 327. The maximum atomic E-state index is 4.97. The molecule has 0 aliphatic heterocycles. The van der Waals surface area contributed by atoms with E-state index in [0.717, 1.165) is 17.4 Å². The Labute approximate surface area is 86.5 Å². The minimum atomic E-state index is 0.602. The Morgan fingerprint density at radius 3 is 3.08 bits per heavy atom. The van der Waals surface area contributed by atoms with Crippen LogP contribution in [0.4, 0.5) is 0 Å². The molecule has 0 fully saturated rings. The number of rotatable bonds is 2. The monoisotopic (exact) mass is 239 g/mol. The van der Waals surface area contributed by atoms with Crippen molar-refractivity contribution < 1.29 is 4.74 Å². The van der Waals surface area contributed by atoms with Crippen molar-refractivity contribution in [2.75, 3.05) is 12.4 Å². The van der Waals surface area contributed by atoms with Gasteiger partial charge in [-0.3, -0.25) is 0 Å². The summed E-state index contributed by atoms with van der Waals surface area (Å²) in [6, 6.07) is 5.55. The largest absolute Gasteiger partial charge is 0.481 e. The molecule has 1 aromatic heterocycles. The van der Waals surface area contributed by atoms with Crippen LogP contribution in [0, 0.1) is 11.8 Å². The fraction of sp³-hybridized carbons (Fsp3) is 0.300. The van der Waals surface area contributed by atoms with Gasteiger partial charge in [0, 0.05) is 17.8 Å². The van der Waals surface area contributed by atoms with Crippen LogP contribution in [0.25, 0.3) is 0 Å². The second-order valence-electron chi connectivity index (χ2n) is 2.31. The van der Waals surface area contributed by atoms with Crippen molar-refractivity contribution in [2.45, 2.75) is 6.42 Å². The third kappa shape index (κ3) is 3.47. The van der Waals surface area contributed by atoms with E-state index in [4.69, 9.17) is 4.74 Å².